The van der Waals surface area contributed by atoms with Crippen LogP contribution in [0.5, 0.6) is 0 Å². The molecule has 0 aromatic rings. The molecule has 0 saturated carbocycles. The van der Waals surface area contributed by atoms with Crippen LogP contribution in [-0.4, -0.2) is 115 Å². The van der Waals surface area contributed by atoms with E-state index in [-0.39, 0.29) is 0 Å². The van der Waals surface area contributed by atoms with Crippen LogP contribution in [0.4, 0.5) is 0 Å². The Kier molecular flexibility index (Phi) is 6.73. The molecule has 14 nitrogen and oxygen atoms in total. The summed E-state index contributed by atoms with van der Waals surface area (Å²) in [4.78, 5) is 2.30. The number of aliphatic hydroxyl groups excluding tert-OH is 7. The SMILES string of the molecule is [N-]=[N+]=N[C@]1(O)C(O)O[C@H](CO)[C@@H](O[C@@H]2O[C@H](CO)[C@H](O)[C@H](O)[C@H]2O)[C@@H]1O. The summed E-state index contributed by atoms with van der Waals surface area (Å²) in [5, 5.41) is 80.9. The minimum atomic E-state index is -2.88. The van der Waals surface area contributed by atoms with Crippen molar-refractivity contribution in [2.75, 3.05) is 13.2 Å². The third kappa shape index (κ3) is 3.63. The van der Waals surface area contributed by atoms with E-state index >= 15 is 0 Å². The molecule has 150 valence electrons. The topological polar surface area (TPSA) is 238 Å². The molecule has 0 amide bonds. The molecule has 10 atom stereocenters. The lowest BCUT2D eigenvalue weighted by Crippen LogP contribution is -2.68. The largest absolute Gasteiger partial charge is 0.394 e. The average molecular weight is 383 g/mol. The maximum Gasteiger partial charge on any atom is 0.223 e. The van der Waals surface area contributed by atoms with Gasteiger partial charge in [-0.1, -0.05) is 5.11 Å². The third-order valence-corrected chi connectivity index (χ3v) is 4.30. The predicted octanol–water partition coefficient (Wildman–Crippen LogP) is -4.76. The van der Waals surface area contributed by atoms with Gasteiger partial charge >= 0.3 is 0 Å². The molecule has 0 aromatic carbocycles. The van der Waals surface area contributed by atoms with E-state index in [0.29, 0.717) is 0 Å². The van der Waals surface area contributed by atoms with E-state index in [9.17, 15) is 35.7 Å². The lowest BCUT2D eigenvalue weighted by atomic mass is 9.93. The van der Waals surface area contributed by atoms with Gasteiger partial charge in [-0.15, -0.1) is 0 Å². The second-order valence-electron chi connectivity index (χ2n) is 5.92. The van der Waals surface area contributed by atoms with Gasteiger partial charge in [0.2, 0.25) is 5.72 Å². The molecule has 2 rings (SSSR count). The van der Waals surface area contributed by atoms with Gasteiger partial charge in [0.25, 0.3) is 0 Å². The summed E-state index contributed by atoms with van der Waals surface area (Å²) in [5.74, 6) is 0. The van der Waals surface area contributed by atoms with Gasteiger partial charge < -0.3 is 55.1 Å². The zero-order valence-electron chi connectivity index (χ0n) is 13.3. The van der Waals surface area contributed by atoms with E-state index in [1.807, 2.05) is 0 Å². The quantitative estimate of drug-likeness (QED) is 0.127. The molecule has 2 fully saturated rings. The first-order valence-electron chi connectivity index (χ1n) is 7.58. The van der Waals surface area contributed by atoms with Crippen LogP contribution < -0.4 is 0 Å². The Morgan fingerprint density at radius 1 is 0.962 bits per heavy atom. The first-order chi connectivity index (χ1) is 12.2. The van der Waals surface area contributed by atoms with Crippen LogP contribution in [0, 0.1) is 0 Å². The van der Waals surface area contributed by atoms with Gasteiger partial charge in [-0.3, -0.25) is 0 Å². The summed E-state index contributed by atoms with van der Waals surface area (Å²) in [6, 6.07) is 0. The highest BCUT2D eigenvalue weighted by Crippen LogP contribution is 2.34. The highest BCUT2D eigenvalue weighted by Gasteiger charge is 2.57. The molecule has 2 aliphatic heterocycles. The lowest BCUT2D eigenvalue weighted by Gasteiger charge is -2.47. The monoisotopic (exact) mass is 383 g/mol. The van der Waals surface area contributed by atoms with Crippen LogP contribution >= 0.6 is 0 Å². The van der Waals surface area contributed by atoms with E-state index in [1.165, 1.54) is 0 Å². The van der Waals surface area contributed by atoms with Crippen LogP contribution in [-0.2, 0) is 14.2 Å². The predicted molar refractivity (Wildman–Crippen MR) is 76.7 cm³/mol. The summed E-state index contributed by atoms with van der Waals surface area (Å²) in [6.07, 6.45) is -15.8. The summed E-state index contributed by atoms with van der Waals surface area (Å²) < 4.78 is 15.2. The minimum absolute atomic E-state index is 0.737. The molecule has 0 aromatic heterocycles. The van der Waals surface area contributed by atoms with Crippen molar-refractivity contribution in [2.24, 2.45) is 5.11 Å². The smallest absolute Gasteiger partial charge is 0.223 e. The zero-order valence-corrected chi connectivity index (χ0v) is 13.3. The van der Waals surface area contributed by atoms with Crippen molar-refractivity contribution in [2.45, 2.75) is 61.0 Å². The molecule has 2 aliphatic rings. The molecular formula is C12H21N3O11. The number of azide groups is 1. The number of ether oxygens (including phenoxy) is 3. The maximum absolute atomic E-state index is 10.3. The van der Waals surface area contributed by atoms with Crippen molar-refractivity contribution in [3.63, 3.8) is 0 Å². The fourth-order valence-corrected chi connectivity index (χ4v) is 2.76. The molecule has 2 saturated heterocycles. The maximum atomic E-state index is 10.3. The third-order valence-electron chi connectivity index (χ3n) is 4.30. The van der Waals surface area contributed by atoms with E-state index < -0.39 is 74.2 Å². The molecular weight excluding hydrogens is 362 g/mol. The Balaban J connectivity index is 2.25. The molecule has 14 heteroatoms. The van der Waals surface area contributed by atoms with E-state index in [0.717, 1.165) is 0 Å². The van der Waals surface area contributed by atoms with Crippen LogP contribution in [0.2, 0.25) is 0 Å². The first kappa shape index (κ1) is 21.2. The second kappa shape index (κ2) is 8.26. The molecule has 1 unspecified atom stereocenters. The first-order valence-corrected chi connectivity index (χ1v) is 7.58. The van der Waals surface area contributed by atoms with E-state index in [1.54, 1.807) is 0 Å². The van der Waals surface area contributed by atoms with Crippen molar-refractivity contribution < 1.29 is 55.1 Å². The summed E-state index contributed by atoms with van der Waals surface area (Å²) in [7, 11) is 0. The number of hydrogen-bond donors (Lipinski definition) is 8. The number of hydrogen-bond acceptors (Lipinski definition) is 12. The molecule has 0 bridgehead atoms. The highest BCUT2D eigenvalue weighted by atomic mass is 16.7. The van der Waals surface area contributed by atoms with Crippen LogP contribution in [0.15, 0.2) is 5.11 Å². The van der Waals surface area contributed by atoms with E-state index in [4.69, 9.17) is 24.8 Å². The standard InChI is InChI=1S/C12H21N3O11/c13-15-14-12(23)9(21)8(4(2-17)25-11(12)22)26-10-7(20)6(19)5(18)3(1-16)24-10/h3-11,16-23H,1-2H2/t3-,4-,5+,6+,7-,8-,9+,10+,11?,12-/m1/s1. The van der Waals surface area contributed by atoms with Crippen molar-refractivity contribution >= 4 is 0 Å². The molecule has 8 N–H and O–H groups in total. The van der Waals surface area contributed by atoms with Gasteiger partial charge in [0.05, 0.1) is 13.2 Å². The summed E-state index contributed by atoms with van der Waals surface area (Å²) in [5.41, 5.74) is 5.62. The fraction of sp³-hybridized carbons (Fsp3) is 1.00. The fourth-order valence-electron chi connectivity index (χ4n) is 2.76. The Morgan fingerprint density at radius 2 is 1.58 bits per heavy atom. The van der Waals surface area contributed by atoms with Crippen molar-refractivity contribution in [1.82, 2.24) is 0 Å². The van der Waals surface area contributed by atoms with Gasteiger partial charge in [0, 0.05) is 4.91 Å². The average Bonchev–Trinajstić information content (AvgIpc) is 2.62. The van der Waals surface area contributed by atoms with E-state index in [2.05, 4.69) is 10.0 Å². The van der Waals surface area contributed by atoms with Gasteiger partial charge in [-0.25, -0.2) is 0 Å². The van der Waals surface area contributed by atoms with Crippen molar-refractivity contribution in [1.29, 1.82) is 0 Å². The van der Waals surface area contributed by atoms with Crippen LogP contribution in [0.1, 0.15) is 0 Å². The minimum Gasteiger partial charge on any atom is -0.394 e. The molecule has 26 heavy (non-hydrogen) atoms. The molecule has 0 radical (unpaired) electrons. The molecule has 0 spiro atoms. The van der Waals surface area contributed by atoms with Crippen molar-refractivity contribution in [3.8, 4) is 0 Å². The van der Waals surface area contributed by atoms with Gasteiger partial charge in [-0.2, -0.15) is 0 Å². The Bertz CT molecular complexity index is 533. The summed E-state index contributed by atoms with van der Waals surface area (Å²) in [6.45, 7) is -1.55. The summed E-state index contributed by atoms with van der Waals surface area (Å²) >= 11 is 0. The van der Waals surface area contributed by atoms with Gasteiger partial charge in [0.15, 0.2) is 12.6 Å². The number of rotatable bonds is 5. The Hall–Kier alpha value is -1.13. The van der Waals surface area contributed by atoms with Crippen molar-refractivity contribution in [3.05, 3.63) is 10.4 Å². The Labute approximate surface area is 146 Å². The number of aliphatic hydroxyl groups is 8. The normalized spacial score (nSPS) is 49.5. The van der Waals surface area contributed by atoms with Gasteiger partial charge in [0.1, 0.15) is 42.7 Å². The Morgan fingerprint density at radius 3 is 2.12 bits per heavy atom. The highest BCUT2D eigenvalue weighted by molar-refractivity contribution is 5.00. The lowest BCUT2D eigenvalue weighted by molar-refractivity contribution is -0.373. The zero-order chi connectivity index (χ0) is 19.6. The van der Waals surface area contributed by atoms with Crippen LogP contribution in [0.3, 0.4) is 0 Å². The number of nitrogens with zero attached hydrogens (tertiary/aromatic N) is 3. The second-order valence-corrected chi connectivity index (χ2v) is 5.92. The molecule has 2 heterocycles. The molecule has 0 aliphatic carbocycles. The van der Waals surface area contributed by atoms with Gasteiger partial charge in [-0.05, 0) is 5.53 Å². The van der Waals surface area contributed by atoms with Crippen LogP contribution in [0.25, 0.3) is 10.4 Å².